The predicted molar refractivity (Wildman–Crippen MR) is 127 cm³/mol. The summed E-state index contributed by atoms with van der Waals surface area (Å²) in [6, 6.07) is 21.9. The smallest absolute Gasteiger partial charge is 0.303 e. The van der Waals surface area contributed by atoms with Gasteiger partial charge in [-0.15, -0.1) is 10.2 Å². The summed E-state index contributed by atoms with van der Waals surface area (Å²) in [6.45, 7) is 0.978. The third-order valence-electron chi connectivity index (χ3n) is 5.79. The van der Waals surface area contributed by atoms with E-state index in [1.807, 2.05) is 30.3 Å². The number of amides is 1. The number of carbonyl (C=O) groups excluding carboxylic acids is 1. The van der Waals surface area contributed by atoms with Crippen LogP contribution < -0.4 is 5.32 Å². The topological polar surface area (TPSA) is 126 Å². The van der Waals surface area contributed by atoms with Gasteiger partial charge in [0.15, 0.2) is 0 Å². The van der Waals surface area contributed by atoms with Crippen LogP contribution in [0.5, 0.6) is 0 Å². The van der Waals surface area contributed by atoms with Gasteiger partial charge in [0.05, 0.1) is 0 Å². The van der Waals surface area contributed by atoms with Gasteiger partial charge in [-0.3, -0.25) is 9.59 Å². The Morgan fingerprint density at radius 2 is 1.76 bits per heavy atom. The van der Waals surface area contributed by atoms with Gasteiger partial charge >= 0.3 is 5.97 Å². The lowest BCUT2D eigenvalue weighted by atomic mass is 10.1. The van der Waals surface area contributed by atoms with Crippen molar-refractivity contribution in [3.63, 3.8) is 0 Å². The molecule has 0 unspecified atom stereocenters. The summed E-state index contributed by atoms with van der Waals surface area (Å²) in [5.41, 5.74) is 4.71. The van der Waals surface area contributed by atoms with Crippen LogP contribution in [-0.2, 0) is 11.3 Å². The molecule has 0 atom stereocenters. The molecule has 0 spiro atoms. The van der Waals surface area contributed by atoms with Gasteiger partial charge in [-0.05, 0) is 53.6 Å². The highest BCUT2D eigenvalue weighted by atomic mass is 16.4. The molecule has 0 aliphatic heterocycles. The lowest BCUT2D eigenvalue weighted by molar-refractivity contribution is -0.137. The number of aromatic nitrogens is 5. The van der Waals surface area contributed by atoms with Crippen molar-refractivity contribution >= 4 is 33.7 Å². The Kier molecular flexibility index (Phi) is 5.73. The number of H-pyrrole nitrogens is 1. The van der Waals surface area contributed by atoms with Crippen LogP contribution in [0.1, 0.15) is 28.8 Å². The van der Waals surface area contributed by atoms with Crippen molar-refractivity contribution in [2.45, 2.75) is 19.4 Å². The summed E-state index contributed by atoms with van der Waals surface area (Å²) >= 11 is 0. The minimum atomic E-state index is -0.866. The molecule has 0 aliphatic carbocycles. The molecule has 0 saturated carbocycles. The molecule has 2 aromatic heterocycles. The number of benzene rings is 3. The zero-order valence-corrected chi connectivity index (χ0v) is 18.2. The maximum absolute atomic E-state index is 12.3. The maximum Gasteiger partial charge on any atom is 0.303 e. The number of nitrogens with one attached hydrogen (secondary N) is 2. The Bertz CT molecular complexity index is 1470. The number of carbonyl (C=O) groups is 2. The molecular weight excluding hydrogens is 432 g/mol. The molecule has 2 heterocycles. The first-order valence-corrected chi connectivity index (χ1v) is 10.9. The van der Waals surface area contributed by atoms with Crippen molar-refractivity contribution in [2.24, 2.45) is 0 Å². The highest BCUT2D eigenvalue weighted by Crippen LogP contribution is 2.32. The number of aliphatic carboxylic acids is 1. The Morgan fingerprint density at radius 3 is 2.53 bits per heavy atom. The van der Waals surface area contributed by atoms with E-state index in [-0.39, 0.29) is 12.3 Å². The fraction of sp³-hybridized carbons (Fsp3) is 0.160. The van der Waals surface area contributed by atoms with Gasteiger partial charge in [0.25, 0.3) is 5.91 Å². The average molecular weight is 454 g/mol. The van der Waals surface area contributed by atoms with E-state index < -0.39 is 5.97 Å². The van der Waals surface area contributed by atoms with Crippen molar-refractivity contribution in [1.82, 2.24) is 30.5 Å². The van der Waals surface area contributed by atoms with E-state index in [1.165, 1.54) is 0 Å². The van der Waals surface area contributed by atoms with Crippen LogP contribution in [0.25, 0.3) is 33.2 Å². The van der Waals surface area contributed by atoms with E-state index in [0.29, 0.717) is 30.9 Å². The predicted octanol–water partition coefficient (Wildman–Crippen LogP) is 3.62. The molecule has 9 heteroatoms. The van der Waals surface area contributed by atoms with Crippen molar-refractivity contribution in [1.29, 1.82) is 0 Å². The van der Waals surface area contributed by atoms with Crippen LogP contribution in [0.3, 0.4) is 0 Å². The molecule has 34 heavy (non-hydrogen) atoms. The molecule has 0 bridgehead atoms. The Hall–Kier alpha value is -4.53. The van der Waals surface area contributed by atoms with Crippen LogP contribution in [0.2, 0.25) is 0 Å². The number of aromatic amines is 1. The van der Waals surface area contributed by atoms with Gasteiger partial charge in [-0.25, -0.2) is 0 Å². The van der Waals surface area contributed by atoms with Gasteiger partial charge < -0.3 is 15.0 Å². The third kappa shape index (κ3) is 4.23. The van der Waals surface area contributed by atoms with Crippen LogP contribution >= 0.6 is 0 Å². The summed E-state index contributed by atoms with van der Waals surface area (Å²) in [6.07, 6.45) is 0.440. The minimum Gasteiger partial charge on any atom is -0.481 e. The third-order valence-corrected chi connectivity index (χ3v) is 5.79. The van der Waals surface area contributed by atoms with Crippen LogP contribution in [0.15, 0.2) is 66.7 Å². The summed E-state index contributed by atoms with van der Waals surface area (Å²) in [4.78, 5) is 22.9. The van der Waals surface area contributed by atoms with Crippen molar-refractivity contribution in [2.75, 3.05) is 6.54 Å². The van der Waals surface area contributed by atoms with E-state index in [4.69, 9.17) is 5.11 Å². The average Bonchev–Trinajstić information content (AvgIpc) is 3.49. The van der Waals surface area contributed by atoms with Gasteiger partial charge in [-0.2, -0.15) is 5.21 Å². The van der Waals surface area contributed by atoms with E-state index in [0.717, 1.165) is 32.9 Å². The molecule has 0 fully saturated rings. The fourth-order valence-corrected chi connectivity index (χ4v) is 4.13. The number of carboxylic acids is 1. The first-order valence-electron chi connectivity index (χ1n) is 10.9. The molecule has 5 aromatic rings. The molecule has 170 valence electrons. The molecular formula is C25H22N6O3. The van der Waals surface area contributed by atoms with E-state index in [1.54, 1.807) is 12.1 Å². The largest absolute Gasteiger partial charge is 0.481 e. The van der Waals surface area contributed by atoms with Crippen LogP contribution in [0, 0.1) is 0 Å². The second-order valence-electron chi connectivity index (χ2n) is 8.02. The van der Waals surface area contributed by atoms with Gasteiger partial charge in [-0.1, -0.05) is 30.3 Å². The number of carboxylic acid groups (broad SMARTS) is 1. The van der Waals surface area contributed by atoms with Crippen LogP contribution in [-0.4, -0.2) is 48.7 Å². The normalized spacial score (nSPS) is 11.2. The van der Waals surface area contributed by atoms with E-state index in [2.05, 4.69) is 54.8 Å². The molecule has 0 saturated heterocycles. The van der Waals surface area contributed by atoms with Gasteiger partial charge in [0.1, 0.15) is 0 Å². The van der Waals surface area contributed by atoms with Crippen molar-refractivity contribution in [3.05, 3.63) is 77.9 Å². The second-order valence-corrected chi connectivity index (χ2v) is 8.02. The van der Waals surface area contributed by atoms with Crippen LogP contribution in [0.4, 0.5) is 0 Å². The Morgan fingerprint density at radius 1 is 0.971 bits per heavy atom. The molecule has 1 amide bonds. The Labute approximate surface area is 194 Å². The fourth-order valence-electron chi connectivity index (χ4n) is 4.13. The monoisotopic (exact) mass is 454 g/mol. The lowest BCUT2D eigenvalue weighted by Gasteiger charge is -2.09. The molecule has 0 aliphatic rings. The standard InChI is InChI=1S/C25H22N6O3/c32-23(33)6-3-13-26-25(34)17-9-7-16(8-10-17)15-31-21-5-2-1-4-19(21)20-14-18(11-12-22(20)31)24-27-29-30-28-24/h1-2,4-5,7-12,14H,3,6,13,15H2,(H,26,34)(H,32,33)(H,27,28,29,30). The van der Waals surface area contributed by atoms with Crippen molar-refractivity contribution in [3.8, 4) is 11.4 Å². The highest BCUT2D eigenvalue weighted by molar-refractivity contribution is 6.09. The van der Waals surface area contributed by atoms with Crippen molar-refractivity contribution < 1.29 is 14.7 Å². The summed E-state index contributed by atoms with van der Waals surface area (Å²) in [5.74, 6) is -0.520. The molecule has 3 aromatic carbocycles. The van der Waals surface area contributed by atoms with Gasteiger partial charge in [0.2, 0.25) is 5.82 Å². The highest BCUT2D eigenvalue weighted by Gasteiger charge is 2.13. The van der Waals surface area contributed by atoms with E-state index in [9.17, 15) is 9.59 Å². The number of tetrazole rings is 1. The zero-order chi connectivity index (χ0) is 23.5. The molecule has 9 nitrogen and oxygen atoms in total. The summed E-state index contributed by atoms with van der Waals surface area (Å²) in [5, 5.41) is 28.0. The summed E-state index contributed by atoms with van der Waals surface area (Å²) < 4.78 is 2.26. The summed E-state index contributed by atoms with van der Waals surface area (Å²) in [7, 11) is 0. The number of rotatable bonds is 8. The lowest BCUT2D eigenvalue weighted by Crippen LogP contribution is -2.24. The number of fused-ring (bicyclic) bond motifs is 3. The number of hydrogen-bond donors (Lipinski definition) is 3. The zero-order valence-electron chi connectivity index (χ0n) is 18.2. The molecule has 0 radical (unpaired) electrons. The number of nitrogens with zero attached hydrogens (tertiary/aromatic N) is 4. The maximum atomic E-state index is 12.3. The Balaban J connectivity index is 1.40. The molecule has 3 N–H and O–H groups in total. The first kappa shape index (κ1) is 21.3. The molecule has 5 rings (SSSR count). The number of hydrogen-bond acceptors (Lipinski definition) is 5. The quantitative estimate of drug-likeness (QED) is 0.308. The number of para-hydroxylation sites is 1. The first-order chi connectivity index (χ1) is 16.6. The van der Waals surface area contributed by atoms with E-state index >= 15 is 0 Å². The second kappa shape index (κ2) is 9.14. The minimum absolute atomic E-state index is 0.0363. The van der Waals surface area contributed by atoms with Gasteiger partial charge in [0, 0.05) is 52.4 Å². The SMILES string of the molecule is O=C(O)CCCNC(=O)c1ccc(Cn2c3ccccc3c3cc(-c4nn[nH]n4)ccc32)cc1.